The minimum Gasteiger partial charge on any atom is -0.454 e. The first-order valence-electron chi connectivity index (χ1n) is 8.13. The first-order chi connectivity index (χ1) is 12.2. The predicted molar refractivity (Wildman–Crippen MR) is 94.5 cm³/mol. The maximum Gasteiger partial charge on any atom is 0.234 e. The Balaban J connectivity index is 1.33. The molecule has 1 aromatic heterocycles. The Kier molecular flexibility index (Phi) is 4.72. The van der Waals surface area contributed by atoms with E-state index in [2.05, 4.69) is 20.5 Å². The third-order valence-corrected chi connectivity index (χ3v) is 5.45. The highest BCUT2D eigenvalue weighted by molar-refractivity contribution is 7.99. The highest BCUT2D eigenvalue weighted by atomic mass is 35.5. The summed E-state index contributed by atoms with van der Waals surface area (Å²) in [4.78, 5) is 16.7. The Morgan fingerprint density at radius 1 is 1.32 bits per heavy atom. The van der Waals surface area contributed by atoms with Gasteiger partial charge < -0.3 is 14.8 Å². The third kappa shape index (κ3) is 3.69. The Morgan fingerprint density at radius 3 is 2.88 bits per heavy atom. The number of hydrogen-bond donors (Lipinski definition) is 2. The van der Waals surface area contributed by atoms with Gasteiger partial charge in [-0.3, -0.25) is 9.89 Å². The Morgan fingerprint density at radius 2 is 2.08 bits per heavy atom. The number of benzene rings is 1. The van der Waals surface area contributed by atoms with Crippen molar-refractivity contribution in [2.75, 3.05) is 17.9 Å². The van der Waals surface area contributed by atoms with Crippen LogP contribution in [0.3, 0.4) is 0 Å². The average Bonchev–Trinajstić information content (AvgIpc) is 3.34. The number of rotatable bonds is 5. The molecule has 25 heavy (non-hydrogen) atoms. The molecule has 9 heteroatoms. The SMILES string of the molecule is O=C(CSc1n[nH]c(C2CCCC2)n1)Nc1cc2c(cc1Cl)OCO2. The fourth-order valence-corrected chi connectivity index (χ4v) is 3.84. The van der Waals surface area contributed by atoms with Crippen molar-refractivity contribution in [2.45, 2.75) is 36.8 Å². The molecule has 132 valence electrons. The lowest BCUT2D eigenvalue weighted by molar-refractivity contribution is -0.113. The summed E-state index contributed by atoms with van der Waals surface area (Å²) in [7, 11) is 0. The lowest BCUT2D eigenvalue weighted by Crippen LogP contribution is -2.14. The molecule has 1 amide bonds. The quantitative estimate of drug-likeness (QED) is 0.771. The van der Waals surface area contributed by atoms with Gasteiger partial charge in [-0.25, -0.2) is 4.98 Å². The van der Waals surface area contributed by atoms with E-state index in [4.69, 9.17) is 21.1 Å². The molecule has 1 aliphatic carbocycles. The number of carbonyl (C=O) groups excluding carboxylic acids is 1. The molecule has 0 spiro atoms. The summed E-state index contributed by atoms with van der Waals surface area (Å²) in [5.74, 6) is 2.58. The fourth-order valence-electron chi connectivity index (χ4n) is 3.03. The lowest BCUT2D eigenvalue weighted by atomic mass is 10.1. The molecule has 1 aliphatic heterocycles. The fraction of sp³-hybridized carbons (Fsp3) is 0.438. The molecule has 0 radical (unpaired) electrons. The van der Waals surface area contributed by atoms with Crippen LogP contribution in [0.4, 0.5) is 5.69 Å². The molecule has 0 bridgehead atoms. The number of fused-ring (bicyclic) bond motifs is 1. The number of hydrogen-bond acceptors (Lipinski definition) is 6. The van der Waals surface area contributed by atoms with Gasteiger partial charge in [0.1, 0.15) is 5.82 Å². The first-order valence-corrected chi connectivity index (χ1v) is 9.49. The summed E-state index contributed by atoms with van der Waals surface area (Å²) in [5.41, 5.74) is 0.498. The molecule has 1 aromatic carbocycles. The molecule has 1 saturated carbocycles. The van der Waals surface area contributed by atoms with Crippen molar-refractivity contribution in [1.82, 2.24) is 15.2 Å². The van der Waals surface area contributed by atoms with Gasteiger partial charge in [0.25, 0.3) is 0 Å². The van der Waals surface area contributed by atoms with Gasteiger partial charge in [-0.1, -0.05) is 36.2 Å². The van der Waals surface area contributed by atoms with Crippen LogP contribution in [0.1, 0.15) is 37.4 Å². The number of aromatic nitrogens is 3. The lowest BCUT2D eigenvalue weighted by Gasteiger charge is -2.07. The molecule has 2 heterocycles. The van der Waals surface area contributed by atoms with Gasteiger partial charge in [0.15, 0.2) is 11.5 Å². The van der Waals surface area contributed by atoms with Gasteiger partial charge in [-0.15, -0.1) is 5.10 Å². The Bertz CT molecular complexity index is 792. The maximum atomic E-state index is 12.2. The number of thioether (sulfide) groups is 1. The van der Waals surface area contributed by atoms with Crippen LogP contribution in [0.2, 0.25) is 5.02 Å². The number of halogens is 1. The number of ether oxygens (including phenoxy) is 2. The van der Waals surface area contributed by atoms with E-state index in [1.165, 1.54) is 24.6 Å². The van der Waals surface area contributed by atoms with Gasteiger partial charge in [0.05, 0.1) is 16.5 Å². The summed E-state index contributed by atoms with van der Waals surface area (Å²) in [6.07, 6.45) is 4.80. The van der Waals surface area contributed by atoms with Crippen LogP contribution >= 0.6 is 23.4 Å². The Labute approximate surface area is 153 Å². The van der Waals surface area contributed by atoms with Crippen LogP contribution in [-0.2, 0) is 4.79 Å². The van der Waals surface area contributed by atoms with Gasteiger partial charge in [-0.2, -0.15) is 0 Å². The average molecular weight is 381 g/mol. The summed E-state index contributed by atoms with van der Waals surface area (Å²) in [5, 5.41) is 11.0. The van der Waals surface area contributed by atoms with Crippen molar-refractivity contribution in [1.29, 1.82) is 0 Å². The van der Waals surface area contributed by atoms with Gasteiger partial charge in [0, 0.05) is 18.1 Å². The molecule has 0 atom stereocenters. The second-order valence-corrected chi connectivity index (χ2v) is 7.36. The van der Waals surface area contributed by atoms with Crippen molar-refractivity contribution in [3.63, 3.8) is 0 Å². The summed E-state index contributed by atoms with van der Waals surface area (Å²) < 4.78 is 10.5. The van der Waals surface area contributed by atoms with Crippen molar-refractivity contribution < 1.29 is 14.3 Å². The second-order valence-electron chi connectivity index (χ2n) is 6.01. The zero-order valence-electron chi connectivity index (χ0n) is 13.4. The van der Waals surface area contributed by atoms with E-state index in [1.807, 2.05) is 0 Å². The minimum atomic E-state index is -0.182. The van der Waals surface area contributed by atoms with Crippen LogP contribution in [0, 0.1) is 0 Å². The van der Waals surface area contributed by atoms with Crippen LogP contribution in [0.25, 0.3) is 0 Å². The summed E-state index contributed by atoms with van der Waals surface area (Å²) in [6.45, 7) is 0.160. The van der Waals surface area contributed by atoms with Crippen LogP contribution in [0.5, 0.6) is 11.5 Å². The van der Waals surface area contributed by atoms with E-state index >= 15 is 0 Å². The third-order valence-electron chi connectivity index (χ3n) is 4.29. The molecule has 7 nitrogen and oxygen atoms in total. The van der Waals surface area contributed by atoms with E-state index < -0.39 is 0 Å². The van der Waals surface area contributed by atoms with Gasteiger partial charge >= 0.3 is 0 Å². The largest absolute Gasteiger partial charge is 0.454 e. The zero-order chi connectivity index (χ0) is 17.2. The number of anilines is 1. The maximum absolute atomic E-state index is 12.2. The van der Waals surface area contributed by atoms with Crippen LogP contribution in [0.15, 0.2) is 17.3 Å². The first kappa shape index (κ1) is 16.5. The predicted octanol–water partition coefficient (Wildman–Crippen LogP) is 3.58. The van der Waals surface area contributed by atoms with Crippen molar-refractivity contribution in [3.8, 4) is 11.5 Å². The summed E-state index contributed by atoms with van der Waals surface area (Å²) >= 11 is 7.45. The van der Waals surface area contributed by atoms with Gasteiger partial charge in [0.2, 0.25) is 17.9 Å². The molecular weight excluding hydrogens is 364 g/mol. The molecule has 2 aromatic rings. The van der Waals surface area contributed by atoms with E-state index in [0.717, 1.165) is 18.7 Å². The van der Waals surface area contributed by atoms with Crippen molar-refractivity contribution >= 4 is 35.0 Å². The molecule has 1 fully saturated rings. The topological polar surface area (TPSA) is 89.1 Å². The Hall–Kier alpha value is -1.93. The van der Waals surface area contributed by atoms with E-state index in [0.29, 0.717) is 33.3 Å². The number of nitrogens with one attached hydrogen (secondary N) is 2. The molecular formula is C16H17ClN4O3S. The second kappa shape index (κ2) is 7.13. The molecule has 0 unspecified atom stereocenters. The van der Waals surface area contributed by atoms with E-state index in [-0.39, 0.29) is 18.5 Å². The van der Waals surface area contributed by atoms with Gasteiger partial charge in [-0.05, 0) is 12.8 Å². The number of carbonyl (C=O) groups is 1. The van der Waals surface area contributed by atoms with Crippen LogP contribution in [-0.4, -0.2) is 33.6 Å². The number of aromatic amines is 1. The monoisotopic (exact) mass is 380 g/mol. The smallest absolute Gasteiger partial charge is 0.234 e. The van der Waals surface area contributed by atoms with Crippen LogP contribution < -0.4 is 14.8 Å². The normalized spacial score (nSPS) is 16.4. The standard InChI is InChI=1S/C16H17ClN4O3S/c17-10-5-12-13(24-8-23-12)6-11(10)18-14(22)7-25-16-19-15(20-21-16)9-3-1-2-4-9/h5-6,9H,1-4,7-8H2,(H,18,22)(H,19,20,21). The van der Waals surface area contributed by atoms with Crippen molar-refractivity contribution in [3.05, 3.63) is 23.0 Å². The highest BCUT2D eigenvalue weighted by Gasteiger charge is 2.21. The highest BCUT2D eigenvalue weighted by Crippen LogP contribution is 2.39. The molecule has 2 N–H and O–H groups in total. The van der Waals surface area contributed by atoms with Crippen molar-refractivity contribution in [2.24, 2.45) is 0 Å². The molecule has 0 saturated heterocycles. The number of amides is 1. The number of nitrogens with zero attached hydrogens (tertiary/aromatic N) is 2. The van der Waals surface area contributed by atoms with E-state index in [9.17, 15) is 4.79 Å². The van der Waals surface area contributed by atoms with E-state index in [1.54, 1.807) is 12.1 Å². The molecule has 4 rings (SSSR count). The minimum absolute atomic E-state index is 0.160. The number of H-pyrrole nitrogens is 1. The summed E-state index contributed by atoms with van der Waals surface area (Å²) in [6, 6.07) is 3.30. The molecule has 2 aliphatic rings. The zero-order valence-corrected chi connectivity index (χ0v) is 15.0.